The molecule has 0 spiro atoms. The van der Waals surface area contributed by atoms with E-state index in [2.05, 4.69) is 14.8 Å². The van der Waals surface area contributed by atoms with Crippen LogP contribution >= 0.6 is 0 Å². The minimum atomic E-state index is -2.25. The zero-order chi connectivity index (χ0) is 13.9. The number of esters is 2. The Balaban J connectivity index is 5.53. The Bertz CT molecular complexity index is 338. The van der Waals surface area contributed by atoms with Crippen molar-refractivity contribution in [3.05, 3.63) is 0 Å². The van der Waals surface area contributed by atoms with Gasteiger partial charge in [-0.1, -0.05) is 0 Å². The van der Waals surface area contributed by atoms with Crippen LogP contribution in [0.5, 0.6) is 0 Å². The molecule has 7 nitrogen and oxygen atoms in total. The fourth-order valence-corrected chi connectivity index (χ4v) is 1.33. The maximum atomic E-state index is 11.6. The first-order valence-corrected chi connectivity index (χ1v) is 4.81. The van der Waals surface area contributed by atoms with Crippen LogP contribution in [0, 0.1) is 0 Å². The zero-order valence-electron chi connectivity index (χ0n) is 10.5. The third kappa shape index (κ3) is 2.73. The molecule has 0 saturated heterocycles. The molecule has 0 aromatic rings. The van der Waals surface area contributed by atoms with Crippen molar-refractivity contribution >= 4 is 17.8 Å². The molecular formula is C10H17NO6. The zero-order valence-corrected chi connectivity index (χ0v) is 10.5. The molecule has 0 bridgehead atoms. The largest absolute Gasteiger partial charge is 0.467 e. The highest BCUT2D eigenvalue weighted by Gasteiger charge is 2.57. The van der Waals surface area contributed by atoms with Gasteiger partial charge >= 0.3 is 11.9 Å². The number of hydrogen-bond acceptors (Lipinski definition) is 6. The monoisotopic (exact) mass is 247 g/mol. The molecule has 1 amide bonds. The van der Waals surface area contributed by atoms with E-state index in [0.29, 0.717) is 0 Å². The molecule has 17 heavy (non-hydrogen) atoms. The molecule has 0 heterocycles. The summed E-state index contributed by atoms with van der Waals surface area (Å²) >= 11 is 0. The van der Waals surface area contributed by atoms with Gasteiger partial charge in [-0.05, 0) is 13.8 Å². The Morgan fingerprint density at radius 1 is 1.06 bits per heavy atom. The predicted octanol–water partition coefficient (Wildman–Crippen LogP) is -1.02. The summed E-state index contributed by atoms with van der Waals surface area (Å²) in [5.74, 6) is -2.61. The third-order valence-electron chi connectivity index (χ3n) is 2.58. The first-order valence-electron chi connectivity index (χ1n) is 4.81. The number of nitrogens with one attached hydrogen (secondary N) is 1. The van der Waals surface area contributed by atoms with Crippen molar-refractivity contribution in [3.8, 4) is 0 Å². The maximum absolute atomic E-state index is 11.6. The molecule has 0 aliphatic heterocycles. The van der Waals surface area contributed by atoms with E-state index in [1.54, 1.807) is 0 Å². The van der Waals surface area contributed by atoms with Gasteiger partial charge in [-0.15, -0.1) is 0 Å². The standard InChI is InChI=1S/C10H17NO6/c1-6(12)11-9(2,7(13)16-4)10(3,15)8(14)17-5/h15H,1-5H3,(H,11,12)/t9-,10+/m0/s1. The van der Waals surface area contributed by atoms with Gasteiger partial charge in [0.15, 0.2) is 11.1 Å². The molecule has 0 aromatic heterocycles. The summed E-state index contributed by atoms with van der Waals surface area (Å²) in [4.78, 5) is 34.1. The van der Waals surface area contributed by atoms with E-state index in [0.717, 1.165) is 28.1 Å². The van der Waals surface area contributed by atoms with E-state index in [4.69, 9.17) is 0 Å². The molecule has 2 atom stereocenters. The van der Waals surface area contributed by atoms with E-state index in [1.807, 2.05) is 0 Å². The number of methoxy groups -OCH3 is 2. The van der Waals surface area contributed by atoms with Crippen molar-refractivity contribution in [3.63, 3.8) is 0 Å². The number of aliphatic hydroxyl groups is 1. The fraction of sp³-hybridized carbons (Fsp3) is 0.700. The van der Waals surface area contributed by atoms with E-state index in [9.17, 15) is 19.5 Å². The van der Waals surface area contributed by atoms with Crippen LogP contribution in [0.3, 0.4) is 0 Å². The summed E-state index contributed by atoms with van der Waals surface area (Å²) in [6.07, 6.45) is 0. The van der Waals surface area contributed by atoms with E-state index in [-0.39, 0.29) is 0 Å². The van der Waals surface area contributed by atoms with E-state index >= 15 is 0 Å². The average Bonchev–Trinajstić information content (AvgIpc) is 2.25. The van der Waals surface area contributed by atoms with Crippen LogP contribution in [-0.2, 0) is 23.9 Å². The summed E-state index contributed by atoms with van der Waals surface area (Å²) in [6.45, 7) is 3.39. The van der Waals surface area contributed by atoms with Crippen LogP contribution in [0.1, 0.15) is 20.8 Å². The van der Waals surface area contributed by atoms with Crippen LogP contribution in [0.15, 0.2) is 0 Å². The summed E-state index contributed by atoms with van der Waals surface area (Å²) in [5, 5.41) is 12.3. The molecule has 0 aliphatic rings. The van der Waals surface area contributed by atoms with Crippen molar-refractivity contribution in [1.82, 2.24) is 5.32 Å². The lowest BCUT2D eigenvalue weighted by Crippen LogP contribution is -2.69. The van der Waals surface area contributed by atoms with E-state index < -0.39 is 29.0 Å². The van der Waals surface area contributed by atoms with Crippen molar-refractivity contribution in [2.75, 3.05) is 14.2 Å². The molecule has 0 aliphatic carbocycles. The van der Waals surface area contributed by atoms with Crippen molar-refractivity contribution in [2.45, 2.75) is 31.9 Å². The van der Waals surface area contributed by atoms with Crippen molar-refractivity contribution < 1.29 is 29.0 Å². The highest BCUT2D eigenvalue weighted by atomic mass is 16.5. The maximum Gasteiger partial charge on any atom is 0.340 e. The summed E-state index contributed by atoms with van der Waals surface area (Å²) in [5.41, 5.74) is -4.18. The normalized spacial score (nSPS) is 17.3. The van der Waals surface area contributed by atoms with Gasteiger partial charge in [0.1, 0.15) is 0 Å². The van der Waals surface area contributed by atoms with Gasteiger partial charge in [-0.2, -0.15) is 0 Å². The number of ether oxygens (including phenoxy) is 2. The second-order valence-corrected chi connectivity index (χ2v) is 3.86. The Hall–Kier alpha value is -1.63. The van der Waals surface area contributed by atoms with Crippen LogP contribution in [-0.4, -0.2) is 48.3 Å². The lowest BCUT2D eigenvalue weighted by molar-refractivity contribution is -0.181. The van der Waals surface area contributed by atoms with Gasteiger partial charge in [-0.25, -0.2) is 9.59 Å². The van der Waals surface area contributed by atoms with Crippen LogP contribution in [0.2, 0.25) is 0 Å². The first-order chi connectivity index (χ1) is 7.63. The lowest BCUT2D eigenvalue weighted by atomic mass is 9.82. The quantitative estimate of drug-likeness (QED) is 0.616. The van der Waals surface area contributed by atoms with Crippen LogP contribution in [0.4, 0.5) is 0 Å². The molecule has 0 fully saturated rings. The van der Waals surface area contributed by atoms with Crippen molar-refractivity contribution in [1.29, 1.82) is 0 Å². The predicted molar refractivity (Wildman–Crippen MR) is 56.9 cm³/mol. The van der Waals surface area contributed by atoms with Gasteiger partial charge in [0.05, 0.1) is 14.2 Å². The van der Waals surface area contributed by atoms with Gasteiger partial charge < -0.3 is 19.9 Å². The molecule has 7 heteroatoms. The Morgan fingerprint density at radius 2 is 1.47 bits per heavy atom. The third-order valence-corrected chi connectivity index (χ3v) is 2.58. The Morgan fingerprint density at radius 3 is 1.76 bits per heavy atom. The van der Waals surface area contributed by atoms with Gasteiger partial charge in [0.2, 0.25) is 5.91 Å². The molecule has 2 N–H and O–H groups in total. The summed E-state index contributed by atoms with van der Waals surface area (Å²) in [6, 6.07) is 0. The lowest BCUT2D eigenvalue weighted by Gasteiger charge is -2.37. The van der Waals surface area contributed by atoms with Crippen LogP contribution < -0.4 is 5.32 Å². The molecule has 0 saturated carbocycles. The smallest absolute Gasteiger partial charge is 0.340 e. The minimum Gasteiger partial charge on any atom is -0.467 e. The summed E-state index contributed by atoms with van der Waals surface area (Å²) in [7, 11) is 2.14. The van der Waals surface area contributed by atoms with E-state index in [1.165, 1.54) is 6.92 Å². The molecule has 0 radical (unpaired) electrons. The fourth-order valence-electron chi connectivity index (χ4n) is 1.33. The SMILES string of the molecule is COC(=O)[C@](C)(NC(C)=O)[C@](C)(O)C(=O)OC. The number of amides is 1. The Kier molecular flexibility index (Phi) is 4.64. The average molecular weight is 247 g/mol. The van der Waals surface area contributed by atoms with Crippen LogP contribution in [0.25, 0.3) is 0 Å². The molecule has 0 aromatic carbocycles. The second-order valence-electron chi connectivity index (χ2n) is 3.86. The number of hydrogen-bond donors (Lipinski definition) is 2. The number of rotatable bonds is 4. The second kappa shape index (κ2) is 5.13. The minimum absolute atomic E-state index is 0.595. The molecular weight excluding hydrogens is 230 g/mol. The highest BCUT2D eigenvalue weighted by Crippen LogP contribution is 2.25. The highest BCUT2D eigenvalue weighted by molar-refractivity contribution is 5.95. The topological polar surface area (TPSA) is 102 Å². The molecule has 0 unspecified atom stereocenters. The van der Waals surface area contributed by atoms with Gasteiger partial charge in [0, 0.05) is 6.92 Å². The number of carbonyl (C=O) groups excluding carboxylic acids is 3. The number of carbonyl (C=O) groups is 3. The van der Waals surface area contributed by atoms with Gasteiger partial charge in [0.25, 0.3) is 0 Å². The summed E-state index contributed by atoms with van der Waals surface area (Å²) < 4.78 is 8.87. The van der Waals surface area contributed by atoms with Gasteiger partial charge in [-0.3, -0.25) is 4.79 Å². The van der Waals surface area contributed by atoms with Crippen molar-refractivity contribution in [2.24, 2.45) is 0 Å². The first kappa shape index (κ1) is 15.4. The molecule has 98 valence electrons. The Labute approximate surface area is 99.1 Å². The molecule has 0 rings (SSSR count).